The van der Waals surface area contributed by atoms with Crippen molar-refractivity contribution in [3.63, 3.8) is 0 Å². The van der Waals surface area contributed by atoms with E-state index in [2.05, 4.69) is 16.4 Å². The van der Waals surface area contributed by atoms with E-state index in [1.165, 1.54) is 30.6 Å². The van der Waals surface area contributed by atoms with E-state index in [4.69, 9.17) is 14.2 Å². The van der Waals surface area contributed by atoms with E-state index >= 15 is 0 Å². The molecule has 1 aromatic heterocycles. The number of benzene rings is 2. The SMILES string of the molecule is COc1ccc(NC(=O)COc2ccc([C@H]3c4sc(=O)[nH]c4SC4C5CCC(C5)C43)cc2OC)cc1. The molecule has 3 aliphatic rings. The summed E-state index contributed by atoms with van der Waals surface area (Å²) < 4.78 is 16.7. The smallest absolute Gasteiger partial charge is 0.305 e. The first-order chi connectivity index (χ1) is 17.5. The van der Waals surface area contributed by atoms with Crippen LogP contribution in [0, 0.1) is 17.8 Å². The van der Waals surface area contributed by atoms with Crippen LogP contribution in [-0.2, 0) is 4.79 Å². The lowest BCUT2D eigenvalue weighted by Crippen LogP contribution is -2.33. The van der Waals surface area contributed by atoms with Crippen molar-refractivity contribution in [1.29, 1.82) is 0 Å². The summed E-state index contributed by atoms with van der Waals surface area (Å²) in [7, 11) is 3.21. The molecule has 2 N–H and O–H groups in total. The zero-order chi connectivity index (χ0) is 24.8. The number of H-pyrrole nitrogens is 1. The maximum Gasteiger partial charge on any atom is 0.305 e. The molecule has 2 aromatic carbocycles. The van der Waals surface area contributed by atoms with Crippen molar-refractivity contribution in [1.82, 2.24) is 4.98 Å². The van der Waals surface area contributed by atoms with Crippen LogP contribution in [0.5, 0.6) is 17.2 Å². The van der Waals surface area contributed by atoms with Gasteiger partial charge in [-0.05, 0) is 79.0 Å². The predicted molar refractivity (Wildman–Crippen MR) is 141 cm³/mol. The molecule has 0 radical (unpaired) electrons. The van der Waals surface area contributed by atoms with Gasteiger partial charge >= 0.3 is 4.87 Å². The number of carbonyl (C=O) groups is 1. The molecular formula is C27H28N2O5S2. The van der Waals surface area contributed by atoms with Crippen molar-refractivity contribution < 1.29 is 19.0 Å². The van der Waals surface area contributed by atoms with Crippen LogP contribution in [-0.4, -0.2) is 37.0 Å². The van der Waals surface area contributed by atoms with Crippen LogP contribution in [0.4, 0.5) is 5.69 Å². The van der Waals surface area contributed by atoms with Gasteiger partial charge in [0.1, 0.15) is 5.75 Å². The molecule has 0 spiro atoms. The molecule has 1 aliphatic heterocycles. The van der Waals surface area contributed by atoms with Gasteiger partial charge in [0.05, 0.1) is 19.2 Å². The Morgan fingerprint density at radius 2 is 1.86 bits per heavy atom. The number of ether oxygens (including phenoxy) is 3. The van der Waals surface area contributed by atoms with E-state index in [1.807, 2.05) is 23.9 Å². The maximum absolute atomic E-state index is 12.4. The lowest BCUT2D eigenvalue weighted by molar-refractivity contribution is -0.118. The summed E-state index contributed by atoms with van der Waals surface area (Å²) in [6.07, 6.45) is 3.86. The first-order valence-corrected chi connectivity index (χ1v) is 13.9. The third-order valence-corrected chi connectivity index (χ3v) is 10.4. The number of thiazole rings is 1. The zero-order valence-electron chi connectivity index (χ0n) is 20.1. The summed E-state index contributed by atoms with van der Waals surface area (Å²) in [6, 6.07) is 13.1. The van der Waals surface area contributed by atoms with E-state index in [-0.39, 0.29) is 23.3 Å². The summed E-state index contributed by atoms with van der Waals surface area (Å²) >= 11 is 3.22. The van der Waals surface area contributed by atoms with E-state index < -0.39 is 0 Å². The van der Waals surface area contributed by atoms with Crippen molar-refractivity contribution in [2.75, 3.05) is 26.1 Å². The molecule has 5 atom stereocenters. The summed E-state index contributed by atoms with van der Waals surface area (Å²) in [5, 5.41) is 4.41. The van der Waals surface area contributed by atoms with Crippen molar-refractivity contribution in [2.45, 2.75) is 35.5 Å². The van der Waals surface area contributed by atoms with Gasteiger partial charge in [-0.3, -0.25) is 9.59 Å². The Hall–Kier alpha value is -2.91. The second kappa shape index (κ2) is 9.52. The Kier molecular flexibility index (Phi) is 6.21. The van der Waals surface area contributed by atoms with Crippen LogP contribution in [0.15, 0.2) is 52.3 Å². The highest BCUT2D eigenvalue weighted by molar-refractivity contribution is 8.00. The second-order valence-corrected chi connectivity index (χ2v) is 11.9. The molecule has 7 nitrogen and oxygen atoms in total. The highest BCUT2D eigenvalue weighted by Crippen LogP contribution is 2.63. The molecule has 2 aliphatic carbocycles. The normalized spacial score (nSPS) is 25.7. The molecule has 2 saturated carbocycles. The van der Waals surface area contributed by atoms with Gasteiger partial charge in [-0.1, -0.05) is 17.4 Å². The Bertz CT molecular complexity index is 1330. The Morgan fingerprint density at radius 1 is 1.06 bits per heavy atom. The van der Waals surface area contributed by atoms with Crippen LogP contribution in [0.3, 0.4) is 0 Å². The van der Waals surface area contributed by atoms with Crippen LogP contribution in [0.2, 0.25) is 0 Å². The minimum Gasteiger partial charge on any atom is -0.497 e. The molecule has 3 aromatic rings. The fraction of sp³-hybridized carbons (Fsp3) is 0.407. The summed E-state index contributed by atoms with van der Waals surface area (Å²) in [4.78, 5) is 29.0. The number of hydrogen-bond acceptors (Lipinski definition) is 7. The molecule has 2 fully saturated rings. The number of anilines is 1. The van der Waals surface area contributed by atoms with Gasteiger partial charge in [-0.25, -0.2) is 0 Å². The minimum absolute atomic E-state index is 0.0135. The first kappa shape index (κ1) is 23.5. The van der Waals surface area contributed by atoms with E-state index in [0.29, 0.717) is 34.3 Å². The fourth-order valence-corrected chi connectivity index (χ4v) is 9.13. The van der Waals surface area contributed by atoms with Gasteiger partial charge in [-0.15, -0.1) is 11.8 Å². The molecule has 2 bridgehead atoms. The molecular weight excluding hydrogens is 496 g/mol. The summed E-state index contributed by atoms with van der Waals surface area (Å²) in [5.41, 5.74) is 1.81. The largest absolute Gasteiger partial charge is 0.497 e. The van der Waals surface area contributed by atoms with Gasteiger partial charge < -0.3 is 24.5 Å². The standard InChI is InChI=1S/C27H28N2O5S2/c1-32-18-8-6-17(7-9-18)28-21(30)13-34-19-10-5-15(12-20(19)33-2)23-22-14-3-4-16(11-14)24(22)35-26-25(23)36-27(31)29-26/h5-10,12,14,16,22-24H,3-4,11,13H2,1-2H3,(H,28,30)(H,29,31)/t14?,16?,22?,23-,24?/m1/s1. The fourth-order valence-electron chi connectivity index (χ4n) is 6.23. The number of hydrogen-bond donors (Lipinski definition) is 2. The number of aromatic nitrogens is 1. The molecule has 1 amide bonds. The van der Waals surface area contributed by atoms with Crippen LogP contribution in [0.1, 0.15) is 35.6 Å². The Balaban J connectivity index is 1.21. The molecule has 9 heteroatoms. The number of methoxy groups -OCH3 is 2. The number of aromatic amines is 1. The second-order valence-electron chi connectivity index (χ2n) is 9.65. The van der Waals surface area contributed by atoms with Gasteiger partial charge in [0.2, 0.25) is 0 Å². The first-order valence-electron chi connectivity index (χ1n) is 12.2. The number of rotatable bonds is 7. The maximum atomic E-state index is 12.4. The number of amides is 1. The van der Waals surface area contributed by atoms with Gasteiger partial charge in [0.25, 0.3) is 5.91 Å². The number of carbonyl (C=O) groups excluding carboxylic acids is 1. The third kappa shape index (κ3) is 4.18. The number of thioether (sulfide) groups is 1. The quantitative estimate of drug-likeness (QED) is 0.446. The zero-order valence-corrected chi connectivity index (χ0v) is 21.7. The minimum atomic E-state index is -0.262. The lowest BCUT2D eigenvalue weighted by atomic mass is 9.75. The molecule has 2 heterocycles. The van der Waals surface area contributed by atoms with Crippen LogP contribution < -0.4 is 24.4 Å². The van der Waals surface area contributed by atoms with Crippen molar-refractivity contribution in [2.24, 2.45) is 17.8 Å². The average Bonchev–Trinajstić information content (AvgIpc) is 3.61. The van der Waals surface area contributed by atoms with Gasteiger partial charge in [-0.2, -0.15) is 0 Å². The van der Waals surface area contributed by atoms with E-state index in [1.54, 1.807) is 38.5 Å². The summed E-state index contributed by atoms with van der Waals surface area (Å²) in [6.45, 7) is -0.139. The van der Waals surface area contributed by atoms with Gasteiger partial charge in [0, 0.05) is 21.7 Å². The highest BCUT2D eigenvalue weighted by atomic mass is 32.2. The Morgan fingerprint density at radius 3 is 2.64 bits per heavy atom. The lowest BCUT2D eigenvalue weighted by Gasteiger charge is -2.40. The Labute approximate surface area is 217 Å². The molecule has 188 valence electrons. The van der Waals surface area contributed by atoms with Crippen LogP contribution in [0.25, 0.3) is 0 Å². The average molecular weight is 525 g/mol. The topological polar surface area (TPSA) is 89.6 Å². The van der Waals surface area contributed by atoms with Crippen molar-refractivity contribution >= 4 is 34.7 Å². The molecule has 36 heavy (non-hydrogen) atoms. The van der Waals surface area contributed by atoms with E-state index in [9.17, 15) is 9.59 Å². The third-order valence-electron chi connectivity index (χ3n) is 7.74. The van der Waals surface area contributed by atoms with Crippen molar-refractivity contribution in [3.8, 4) is 17.2 Å². The molecule has 0 saturated heterocycles. The van der Waals surface area contributed by atoms with E-state index in [0.717, 1.165) is 27.1 Å². The van der Waals surface area contributed by atoms with Crippen molar-refractivity contribution in [3.05, 3.63) is 62.6 Å². The summed E-state index contributed by atoms with van der Waals surface area (Å²) in [5.74, 6) is 3.70. The number of fused-ring (bicyclic) bond motifs is 6. The van der Waals surface area contributed by atoms with Crippen LogP contribution >= 0.6 is 23.1 Å². The monoisotopic (exact) mass is 524 g/mol. The molecule has 6 rings (SSSR count). The number of nitrogens with one attached hydrogen (secondary N) is 2. The predicted octanol–water partition coefficient (Wildman–Crippen LogP) is 5.12. The van der Waals surface area contributed by atoms with Gasteiger partial charge in [0.15, 0.2) is 18.1 Å². The highest BCUT2D eigenvalue weighted by Gasteiger charge is 2.54. The molecule has 4 unspecified atom stereocenters.